The van der Waals surface area contributed by atoms with E-state index in [0.717, 1.165) is 5.56 Å². The van der Waals surface area contributed by atoms with E-state index in [1.54, 1.807) is 30.3 Å². The summed E-state index contributed by atoms with van der Waals surface area (Å²) in [6.07, 6.45) is 1.28. The smallest absolute Gasteiger partial charge is 0.267 e. The second kappa shape index (κ2) is 7.34. The standard InChI is InChI=1S/C17H14ClN3O2/c1-11-5-6-14(8-16(11)18)21-17(23)12(9-19)10-20-13-3-2-4-15(22)7-13/h2-8,10,20,22H,1H3,(H,21,23)/b12-10-. The van der Waals surface area contributed by atoms with Crippen LogP contribution in [-0.2, 0) is 4.79 Å². The van der Waals surface area contributed by atoms with Crippen molar-refractivity contribution in [1.29, 1.82) is 5.26 Å². The molecule has 6 heteroatoms. The summed E-state index contributed by atoms with van der Waals surface area (Å²) in [6, 6.07) is 13.3. The van der Waals surface area contributed by atoms with E-state index in [2.05, 4.69) is 10.6 Å². The van der Waals surface area contributed by atoms with Gasteiger partial charge in [0, 0.05) is 28.7 Å². The Morgan fingerprint density at radius 1 is 1.26 bits per heavy atom. The van der Waals surface area contributed by atoms with Gasteiger partial charge < -0.3 is 15.7 Å². The van der Waals surface area contributed by atoms with Crippen LogP contribution in [0.2, 0.25) is 5.02 Å². The molecule has 23 heavy (non-hydrogen) atoms. The lowest BCUT2D eigenvalue weighted by Gasteiger charge is -2.07. The van der Waals surface area contributed by atoms with E-state index in [1.807, 2.05) is 13.0 Å². The zero-order valence-electron chi connectivity index (χ0n) is 12.3. The van der Waals surface area contributed by atoms with E-state index in [0.29, 0.717) is 16.4 Å². The van der Waals surface area contributed by atoms with Crippen LogP contribution in [0.5, 0.6) is 5.75 Å². The Kier molecular flexibility index (Phi) is 5.23. The summed E-state index contributed by atoms with van der Waals surface area (Å²) >= 11 is 6.00. The number of anilines is 2. The Balaban J connectivity index is 2.10. The molecule has 0 fully saturated rings. The number of rotatable bonds is 4. The molecule has 0 aliphatic heterocycles. The number of hydrogen-bond acceptors (Lipinski definition) is 4. The minimum absolute atomic E-state index is 0.0839. The summed E-state index contributed by atoms with van der Waals surface area (Å²) in [5.74, 6) is -0.472. The van der Waals surface area contributed by atoms with Crippen molar-refractivity contribution in [1.82, 2.24) is 0 Å². The number of hydrogen-bond donors (Lipinski definition) is 3. The predicted octanol–water partition coefficient (Wildman–Crippen LogP) is 3.81. The quantitative estimate of drug-likeness (QED) is 0.589. The minimum atomic E-state index is -0.555. The van der Waals surface area contributed by atoms with Gasteiger partial charge in [0.2, 0.25) is 0 Å². The van der Waals surface area contributed by atoms with E-state index < -0.39 is 5.91 Å². The van der Waals surface area contributed by atoms with Crippen molar-refractivity contribution in [2.24, 2.45) is 0 Å². The van der Waals surface area contributed by atoms with Gasteiger partial charge in [0.05, 0.1) is 0 Å². The fraction of sp³-hybridized carbons (Fsp3) is 0.0588. The lowest BCUT2D eigenvalue weighted by molar-refractivity contribution is -0.112. The van der Waals surface area contributed by atoms with Crippen LogP contribution in [0, 0.1) is 18.3 Å². The second-order valence-corrected chi connectivity index (χ2v) is 5.19. The molecule has 3 N–H and O–H groups in total. The van der Waals surface area contributed by atoms with Gasteiger partial charge in [-0.05, 0) is 36.8 Å². The number of benzene rings is 2. The molecule has 2 rings (SSSR count). The third-order valence-electron chi connectivity index (χ3n) is 3.02. The highest BCUT2D eigenvalue weighted by Gasteiger charge is 2.10. The van der Waals surface area contributed by atoms with E-state index >= 15 is 0 Å². The normalized spacial score (nSPS) is 10.7. The molecule has 0 aromatic heterocycles. The molecule has 116 valence electrons. The van der Waals surface area contributed by atoms with Gasteiger partial charge >= 0.3 is 0 Å². The lowest BCUT2D eigenvalue weighted by atomic mass is 10.2. The van der Waals surface area contributed by atoms with Crippen molar-refractivity contribution >= 4 is 28.9 Å². The molecule has 0 aliphatic carbocycles. The van der Waals surface area contributed by atoms with Gasteiger partial charge in [-0.3, -0.25) is 4.79 Å². The molecule has 0 saturated heterocycles. The van der Waals surface area contributed by atoms with Gasteiger partial charge in [0.15, 0.2) is 0 Å². The van der Waals surface area contributed by atoms with Crippen LogP contribution in [-0.4, -0.2) is 11.0 Å². The summed E-state index contributed by atoms with van der Waals surface area (Å²) in [4.78, 5) is 12.1. The molecular weight excluding hydrogens is 314 g/mol. The molecule has 0 atom stereocenters. The predicted molar refractivity (Wildman–Crippen MR) is 90.2 cm³/mol. The number of nitrogens with one attached hydrogen (secondary N) is 2. The number of phenolic OH excluding ortho intramolecular Hbond substituents is 1. The van der Waals surface area contributed by atoms with E-state index in [1.165, 1.54) is 18.3 Å². The number of phenols is 1. The van der Waals surface area contributed by atoms with Crippen molar-refractivity contribution in [3.63, 3.8) is 0 Å². The zero-order valence-corrected chi connectivity index (χ0v) is 13.1. The maximum Gasteiger partial charge on any atom is 0.267 e. The summed E-state index contributed by atoms with van der Waals surface area (Å²) in [5.41, 5.74) is 1.85. The average molecular weight is 328 g/mol. The number of aromatic hydroxyl groups is 1. The number of nitriles is 1. The Morgan fingerprint density at radius 3 is 2.70 bits per heavy atom. The highest BCUT2D eigenvalue weighted by molar-refractivity contribution is 6.31. The second-order valence-electron chi connectivity index (χ2n) is 4.78. The molecule has 0 heterocycles. The van der Waals surface area contributed by atoms with Crippen LogP contribution in [0.3, 0.4) is 0 Å². The van der Waals surface area contributed by atoms with E-state index in [9.17, 15) is 9.90 Å². The average Bonchev–Trinajstić information content (AvgIpc) is 2.51. The summed E-state index contributed by atoms with van der Waals surface area (Å²) < 4.78 is 0. The fourth-order valence-electron chi connectivity index (χ4n) is 1.77. The van der Waals surface area contributed by atoms with Gasteiger partial charge in [0.1, 0.15) is 17.4 Å². The molecule has 0 spiro atoms. The number of aryl methyl sites for hydroxylation is 1. The maximum atomic E-state index is 12.1. The monoisotopic (exact) mass is 327 g/mol. The SMILES string of the molecule is Cc1ccc(NC(=O)/C(C#N)=C\Nc2cccc(O)c2)cc1Cl. The zero-order chi connectivity index (χ0) is 16.8. The number of halogens is 1. The van der Waals surface area contributed by atoms with Crippen molar-refractivity contribution < 1.29 is 9.90 Å². The van der Waals surface area contributed by atoms with Gasteiger partial charge in [-0.25, -0.2) is 0 Å². The Morgan fingerprint density at radius 2 is 2.04 bits per heavy atom. The van der Waals surface area contributed by atoms with Crippen molar-refractivity contribution in [2.45, 2.75) is 6.92 Å². The first-order valence-electron chi connectivity index (χ1n) is 6.73. The van der Waals surface area contributed by atoms with Crippen LogP contribution >= 0.6 is 11.6 Å². The van der Waals surface area contributed by atoms with Gasteiger partial charge in [-0.1, -0.05) is 23.7 Å². The van der Waals surface area contributed by atoms with Crippen LogP contribution < -0.4 is 10.6 Å². The Labute approximate surface area is 138 Å². The molecule has 0 aliphatic rings. The Bertz CT molecular complexity index is 810. The summed E-state index contributed by atoms with van der Waals surface area (Å²) in [7, 11) is 0. The number of amides is 1. The number of nitrogens with zero attached hydrogens (tertiary/aromatic N) is 1. The molecule has 0 unspecified atom stereocenters. The lowest BCUT2D eigenvalue weighted by Crippen LogP contribution is -2.14. The van der Waals surface area contributed by atoms with Crippen molar-refractivity contribution in [3.05, 3.63) is 64.8 Å². The van der Waals surface area contributed by atoms with Crippen LogP contribution in [0.25, 0.3) is 0 Å². The van der Waals surface area contributed by atoms with Crippen LogP contribution in [0.1, 0.15) is 5.56 Å². The van der Waals surface area contributed by atoms with E-state index in [-0.39, 0.29) is 11.3 Å². The third-order valence-corrected chi connectivity index (χ3v) is 3.43. The molecule has 2 aromatic rings. The maximum absolute atomic E-state index is 12.1. The van der Waals surface area contributed by atoms with Crippen LogP contribution in [0.4, 0.5) is 11.4 Å². The highest BCUT2D eigenvalue weighted by Crippen LogP contribution is 2.20. The van der Waals surface area contributed by atoms with Crippen molar-refractivity contribution in [3.8, 4) is 11.8 Å². The molecule has 0 saturated carbocycles. The van der Waals surface area contributed by atoms with E-state index in [4.69, 9.17) is 16.9 Å². The first kappa shape index (κ1) is 16.4. The first-order valence-corrected chi connectivity index (χ1v) is 7.11. The number of carbonyl (C=O) groups is 1. The van der Waals surface area contributed by atoms with Crippen LogP contribution in [0.15, 0.2) is 54.2 Å². The topological polar surface area (TPSA) is 85.2 Å². The summed E-state index contributed by atoms with van der Waals surface area (Å²) in [6.45, 7) is 1.85. The highest BCUT2D eigenvalue weighted by atomic mass is 35.5. The Hall–Kier alpha value is -2.97. The molecule has 2 aromatic carbocycles. The molecule has 1 amide bonds. The number of carbonyl (C=O) groups excluding carboxylic acids is 1. The van der Waals surface area contributed by atoms with Gasteiger partial charge in [-0.2, -0.15) is 5.26 Å². The third kappa shape index (κ3) is 4.50. The molecule has 5 nitrogen and oxygen atoms in total. The first-order chi connectivity index (χ1) is 11.0. The molecule has 0 bridgehead atoms. The largest absolute Gasteiger partial charge is 0.508 e. The van der Waals surface area contributed by atoms with Gasteiger partial charge in [-0.15, -0.1) is 0 Å². The van der Waals surface area contributed by atoms with Crippen molar-refractivity contribution in [2.75, 3.05) is 10.6 Å². The van der Waals surface area contributed by atoms with Gasteiger partial charge in [0.25, 0.3) is 5.91 Å². The minimum Gasteiger partial charge on any atom is -0.508 e. The fourth-order valence-corrected chi connectivity index (χ4v) is 1.95. The summed E-state index contributed by atoms with van der Waals surface area (Å²) in [5, 5.41) is 24.4. The molecular formula is C17H14ClN3O2. The molecule has 0 radical (unpaired) electrons.